The zero-order chi connectivity index (χ0) is 33.0. The predicted molar refractivity (Wildman–Crippen MR) is 211 cm³/mol. The molecular weight excluding hydrogens is 627 g/mol. The van der Waals surface area contributed by atoms with E-state index in [0.29, 0.717) is 5.82 Å². The van der Waals surface area contributed by atoms with Crippen molar-refractivity contribution in [3.05, 3.63) is 176 Å². The van der Waals surface area contributed by atoms with Crippen LogP contribution in [0.5, 0.6) is 0 Å². The Hall–Kier alpha value is -6.36. The van der Waals surface area contributed by atoms with Crippen LogP contribution in [0.3, 0.4) is 0 Å². The van der Waals surface area contributed by atoms with Gasteiger partial charge in [-0.05, 0) is 59.7 Å². The second-order valence-electron chi connectivity index (χ2n) is 12.6. The Balaban J connectivity index is 1.20. The Bertz CT molecular complexity index is 2800. The Labute approximate surface area is 293 Å². The number of hydrogen-bond acceptors (Lipinski definition) is 3. The normalized spacial score (nSPS) is 11.6. The summed E-state index contributed by atoms with van der Waals surface area (Å²) < 4.78 is 4.98. The average molecular weight is 656 g/mol. The molecule has 0 N–H and O–H groups in total. The van der Waals surface area contributed by atoms with Gasteiger partial charge < -0.3 is 4.57 Å². The summed E-state index contributed by atoms with van der Waals surface area (Å²) in [7, 11) is 0. The lowest BCUT2D eigenvalue weighted by atomic mass is 10.0. The van der Waals surface area contributed by atoms with Gasteiger partial charge in [0.15, 0.2) is 5.82 Å². The van der Waals surface area contributed by atoms with Crippen LogP contribution in [-0.2, 0) is 0 Å². The highest BCUT2D eigenvalue weighted by Crippen LogP contribution is 2.41. The molecule has 7 aromatic carbocycles. The maximum Gasteiger partial charge on any atom is 0.161 e. The standard InChI is InChI=1S/C46H29N3S/c1-4-13-30(14-5-1)33-23-25-43-37(27-33)38-28-34(24-26-44(38)50-43)49-41-21-11-10-19-35(41)45-36(20-12-22-42(45)49)46-47-39(31-15-6-2-7-16-31)29-40(48-46)32-17-8-3-9-18-32/h1-29H. The minimum Gasteiger partial charge on any atom is -0.309 e. The SMILES string of the molecule is c1ccc(-c2ccc3sc4ccc(-n5c6ccccc6c6c(-c7nc(-c8ccccc8)cc(-c8ccccc8)n7)cccc65)cc4c3c2)cc1. The Morgan fingerprint density at radius 2 is 0.980 bits per heavy atom. The molecule has 0 saturated heterocycles. The van der Waals surface area contributed by atoms with E-state index in [1.165, 1.54) is 36.7 Å². The zero-order valence-electron chi connectivity index (χ0n) is 27.0. The van der Waals surface area contributed by atoms with Crippen molar-refractivity contribution in [2.24, 2.45) is 0 Å². The second-order valence-corrected chi connectivity index (χ2v) is 13.7. The van der Waals surface area contributed by atoms with Gasteiger partial charge in [0.25, 0.3) is 0 Å². The minimum absolute atomic E-state index is 0.714. The van der Waals surface area contributed by atoms with E-state index in [2.05, 4.69) is 168 Å². The molecule has 234 valence electrons. The van der Waals surface area contributed by atoms with Gasteiger partial charge in [0, 0.05) is 53.3 Å². The molecule has 0 aliphatic carbocycles. The molecule has 4 heteroatoms. The molecule has 0 unspecified atom stereocenters. The van der Waals surface area contributed by atoms with E-state index < -0.39 is 0 Å². The maximum atomic E-state index is 5.22. The van der Waals surface area contributed by atoms with Gasteiger partial charge in [-0.2, -0.15) is 0 Å². The molecule has 3 aromatic heterocycles. The van der Waals surface area contributed by atoms with Gasteiger partial charge in [0.05, 0.1) is 22.4 Å². The van der Waals surface area contributed by atoms with Crippen molar-refractivity contribution < 1.29 is 0 Å². The molecule has 0 saturated carbocycles. The van der Waals surface area contributed by atoms with E-state index >= 15 is 0 Å². The quantitative estimate of drug-likeness (QED) is 0.185. The number of rotatable bonds is 5. The van der Waals surface area contributed by atoms with Crippen molar-refractivity contribution in [2.45, 2.75) is 0 Å². The molecule has 0 fully saturated rings. The lowest BCUT2D eigenvalue weighted by Crippen LogP contribution is -1.97. The van der Waals surface area contributed by atoms with E-state index in [-0.39, 0.29) is 0 Å². The number of aromatic nitrogens is 3. The number of fused-ring (bicyclic) bond motifs is 6. The first kappa shape index (κ1) is 28.6. The predicted octanol–water partition coefficient (Wildman–Crippen LogP) is 12.6. The first-order valence-corrected chi connectivity index (χ1v) is 17.6. The fourth-order valence-corrected chi connectivity index (χ4v) is 8.35. The zero-order valence-corrected chi connectivity index (χ0v) is 27.8. The van der Waals surface area contributed by atoms with Crippen LogP contribution in [0.4, 0.5) is 0 Å². The molecular formula is C46H29N3S. The topological polar surface area (TPSA) is 30.7 Å². The van der Waals surface area contributed by atoms with Crippen molar-refractivity contribution in [3.63, 3.8) is 0 Å². The van der Waals surface area contributed by atoms with E-state index in [9.17, 15) is 0 Å². The third-order valence-electron chi connectivity index (χ3n) is 9.62. The van der Waals surface area contributed by atoms with Crippen molar-refractivity contribution in [3.8, 4) is 50.7 Å². The molecule has 0 bridgehead atoms. The van der Waals surface area contributed by atoms with Crippen molar-refractivity contribution in [1.82, 2.24) is 14.5 Å². The summed E-state index contributed by atoms with van der Waals surface area (Å²) in [5.41, 5.74) is 10.8. The Morgan fingerprint density at radius 3 is 1.68 bits per heavy atom. The average Bonchev–Trinajstić information content (AvgIpc) is 3.74. The highest BCUT2D eigenvalue weighted by Gasteiger charge is 2.19. The van der Waals surface area contributed by atoms with E-state index in [1.54, 1.807) is 0 Å². The van der Waals surface area contributed by atoms with Crippen LogP contribution in [0, 0.1) is 0 Å². The lowest BCUT2D eigenvalue weighted by molar-refractivity contribution is 1.18. The van der Waals surface area contributed by atoms with Gasteiger partial charge in [-0.25, -0.2) is 9.97 Å². The van der Waals surface area contributed by atoms with Gasteiger partial charge >= 0.3 is 0 Å². The van der Waals surface area contributed by atoms with Gasteiger partial charge in [-0.1, -0.05) is 127 Å². The molecule has 10 aromatic rings. The highest BCUT2D eigenvalue weighted by atomic mass is 32.1. The van der Waals surface area contributed by atoms with Crippen molar-refractivity contribution in [1.29, 1.82) is 0 Å². The fraction of sp³-hybridized carbons (Fsp3) is 0. The number of thiophene rings is 1. The first-order chi connectivity index (χ1) is 24.8. The third-order valence-corrected chi connectivity index (χ3v) is 10.8. The van der Waals surface area contributed by atoms with Crippen LogP contribution in [0.15, 0.2) is 176 Å². The molecule has 0 amide bonds. The van der Waals surface area contributed by atoms with Crippen LogP contribution in [0.25, 0.3) is 92.7 Å². The van der Waals surface area contributed by atoms with Gasteiger partial charge in [0.1, 0.15) is 0 Å². The van der Waals surface area contributed by atoms with E-state index in [0.717, 1.165) is 50.2 Å². The van der Waals surface area contributed by atoms with Gasteiger partial charge in [0.2, 0.25) is 0 Å². The van der Waals surface area contributed by atoms with E-state index in [1.807, 2.05) is 23.5 Å². The summed E-state index contributed by atoms with van der Waals surface area (Å²) in [4.78, 5) is 10.4. The summed E-state index contributed by atoms with van der Waals surface area (Å²) in [6.45, 7) is 0. The van der Waals surface area contributed by atoms with Gasteiger partial charge in [-0.3, -0.25) is 0 Å². The fourth-order valence-electron chi connectivity index (χ4n) is 7.28. The summed E-state index contributed by atoms with van der Waals surface area (Å²) in [6, 6.07) is 62.5. The first-order valence-electron chi connectivity index (χ1n) is 16.8. The lowest BCUT2D eigenvalue weighted by Gasteiger charge is -2.11. The molecule has 3 heterocycles. The van der Waals surface area contributed by atoms with Crippen molar-refractivity contribution in [2.75, 3.05) is 0 Å². The Kier molecular flexibility index (Phi) is 6.68. The van der Waals surface area contributed by atoms with Crippen LogP contribution in [0.2, 0.25) is 0 Å². The van der Waals surface area contributed by atoms with Crippen LogP contribution >= 0.6 is 11.3 Å². The summed E-state index contributed by atoms with van der Waals surface area (Å²) in [6.07, 6.45) is 0. The molecule has 0 radical (unpaired) electrons. The van der Waals surface area contributed by atoms with Gasteiger partial charge in [-0.15, -0.1) is 11.3 Å². The molecule has 0 aliphatic heterocycles. The number of nitrogens with zero attached hydrogens (tertiary/aromatic N) is 3. The largest absolute Gasteiger partial charge is 0.309 e. The number of para-hydroxylation sites is 1. The third kappa shape index (κ3) is 4.73. The molecule has 50 heavy (non-hydrogen) atoms. The second kappa shape index (κ2) is 11.7. The van der Waals surface area contributed by atoms with E-state index in [4.69, 9.17) is 9.97 Å². The molecule has 0 atom stereocenters. The molecule has 0 aliphatic rings. The minimum atomic E-state index is 0.714. The summed E-state index contributed by atoms with van der Waals surface area (Å²) in [5, 5.41) is 4.88. The smallest absolute Gasteiger partial charge is 0.161 e. The molecule has 3 nitrogen and oxygen atoms in total. The monoisotopic (exact) mass is 655 g/mol. The summed E-state index contributed by atoms with van der Waals surface area (Å²) in [5.74, 6) is 0.714. The maximum absolute atomic E-state index is 5.22. The van der Waals surface area contributed by atoms with Crippen molar-refractivity contribution >= 4 is 53.3 Å². The van der Waals surface area contributed by atoms with Crippen LogP contribution in [-0.4, -0.2) is 14.5 Å². The molecule has 0 spiro atoms. The van der Waals surface area contributed by atoms with Crippen LogP contribution < -0.4 is 0 Å². The Morgan fingerprint density at radius 1 is 0.400 bits per heavy atom. The number of hydrogen-bond donors (Lipinski definition) is 0. The number of benzene rings is 7. The summed E-state index contributed by atoms with van der Waals surface area (Å²) >= 11 is 1.85. The van der Waals surface area contributed by atoms with Crippen LogP contribution in [0.1, 0.15) is 0 Å². The molecule has 10 rings (SSSR count). The highest BCUT2D eigenvalue weighted by molar-refractivity contribution is 7.25.